The Labute approximate surface area is 139 Å². The van der Waals surface area contributed by atoms with E-state index in [0.717, 1.165) is 0 Å². The maximum Gasteiger partial charge on any atom is 0.220 e. The summed E-state index contributed by atoms with van der Waals surface area (Å²) in [4.78, 5) is 24.3. The number of benzene rings is 1. The minimum Gasteiger partial charge on any atom is -0.355 e. The standard InChI is InChI=1S/C17H18ClNO2S/c1-12(13-5-3-2-4-6-13)11-19-17(21)10-7-14(20)15-8-9-16(18)22-15/h2-6,8-9,12H,7,10-11H2,1H3,(H,19,21). The van der Waals surface area contributed by atoms with Crippen molar-refractivity contribution in [2.24, 2.45) is 0 Å². The van der Waals surface area contributed by atoms with Crippen molar-refractivity contribution in [2.45, 2.75) is 25.7 Å². The lowest BCUT2D eigenvalue weighted by Crippen LogP contribution is -2.27. The maximum absolute atomic E-state index is 11.9. The Kier molecular flexibility index (Phi) is 6.16. The smallest absolute Gasteiger partial charge is 0.220 e. The van der Waals surface area contributed by atoms with Crippen LogP contribution in [0.4, 0.5) is 0 Å². The lowest BCUT2D eigenvalue weighted by molar-refractivity contribution is -0.121. The number of halogens is 1. The highest BCUT2D eigenvalue weighted by atomic mass is 35.5. The molecule has 1 aromatic carbocycles. The van der Waals surface area contributed by atoms with E-state index in [1.807, 2.05) is 30.3 Å². The largest absolute Gasteiger partial charge is 0.355 e. The number of nitrogens with one attached hydrogen (secondary N) is 1. The molecule has 0 saturated carbocycles. The van der Waals surface area contributed by atoms with E-state index in [-0.39, 0.29) is 30.4 Å². The maximum atomic E-state index is 11.9. The molecule has 1 amide bonds. The second kappa shape index (κ2) is 8.11. The molecule has 1 N–H and O–H groups in total. The predicted molar refractivity (Wildman–Crippen MR) is 90.8 cm³/mol. The number of carbonyl (C=O) groups excluding carboxylic acids is 2. The van der Waals surface area contributed by atoms with Crippen LogP contribution in [-0.2, 0) is 4.79 Å². The van der Waals surface area contributed by atoms with Crippen molar-refractivity contribution in [1.82, 2.24) is 5.32 Å². The van der Waals surface area contributed by atoms with Crippen LogP contribution in [0.1, 0.15) is 40.9 Å². The first-order valence-corrected chi connectivity index (χ1v) is 8.36. The van der Waals surface area contributed by atoms with Gasteiger partial charge in [-0.3, -0.25) is 9.59 Å². The Hall–Kier alpha value is -1.65. The van der Waals surface area contributed by atoms with Crippen molar-refractivity contribution in [3.05, 3.63) is 57.2 Å². The highest BCUT2D eigenvalue weighted by Gasteiger charge is 2.12. The molecule has 0 aliphatic heterocycles. The van der Waals surface area contributed by atoms with Crippen LogP contribution in [0.25, 0.3) is 0 Å². The molecule has 2 rings (SSSR count). The third-order valence-corrected chi connectivity index (χ3v) is 4.67. The second-order valence-corrected chi connectivity index (χ2v) is 6.86. The minimum absolute atomic E-state index is 0.0387. The molecule has 116 valence electrons. The van der Waals surface area contributed by atoms with Crippen molar-refractivity contribution in [3.8, 4) is 0 Å². The highest BCUT2D eigenvalue weighted by Crippen LogP contribution is 2.22. The van der Waals surface area contributed by atoms with Crippen molar-refractivity contribution in [2.75, 3.05) is 6.54 Å². The molecule has 0 bridgehead atoms. The summed E-state index contributed by atoms with van der Waals surface area (Å²) in [5.74, 6) is 0.110. The van der Waals surface area contributed by atoms with Crippen LogP contribution in [0.5, 0.6) is 0 Å². The third kappa shape index (κ3) is 4.97. The summed E-state index contributed by atoms with van der Waals surface area (Å²) >= 11 is 7.04. The first kappa shape index (κ1) is 16.7. The zero-order chi connectivity index (χ0) is 15.9. The van der Waals surface area contributed by atoms with E-state index in [4.69, 9.17) is 11.6 Å². The monoisotopic (exact) mass is 335 g/mol. The summed E-state index contributed by atoms with van der Waals surface area (Å²) in [5.41, 5.74) is 1.19. The SMILES string of the molecule is CC(CNC(=O)CCC(=O)c1ccc(Cl)s1)c1ccccc1. The second-order valence-electron chi connectivity index (χ2n) is 5.14. The van der Waals surface area contributed by atoms with Crippen molar-refractivity contribution >= 4 is 34.6 Å². The van der Waals surface area contributed by atoms with Gasteiger partial charge in [0, 0.05) is 19.4 Å². The average Bonchev–Trinajstić information content (AvgIpc) is 2.97. The minimum atomic E-state index is -0.0983. The van der Waals surface area contributed by atoms with E-state index in [1.54, 1.807) is 12.1 Å². The molecule has 2 aromatic rings. The van der Waals surface area contributed by atoms with Crippen molar-refractivity contribution < 1.29 is 9.59 Å². The number of carbonyl (C=O) groups is 2. The van der Waals surface area contributed by atoms with Gasteiger partial charge in [0.25, 0.3) is 0 Å². The van der Waals surface area contributed by atoms with Crippen LogP contribution in [0.15, 0.2) is 42.5 Å². The Morgan fingerprint density at radius 3 is 2.50 bits per heavy atom. The Balaban J connectivity index is 1.73. The van der Waals surface area contributed by atoms with Crippen LogP contribution in [-0.4, -0.2) is 18.2 Å². The molecule has 3 nitrogen and oxygen atoms in total. The first-order valence-electron chi connectivity index (χ1n) is 7.16. The van der Waals surface area contributed by atoms with Gasteiger partial charge in [-0.25, -0.2) is 0 Å². The quantitative estimate of drug-likeness (QED) is 0.767. The normalized spacial score (nSPS) is 11.9. The topological polar surface area (TPSA) is 46.2 Å². The molecule has 0 spiro atoms. The van der Waals surface area contributed by atoms with Crippen LogP contribution in [0.3, 0.4) is 0 Å². The van der Waals surface area contributed by atoms with Gasteiger partial charge in [0.15, 0.2) is 5.78 Å². The number of Topliss-reactive ketones (excluding diaryl/α,β-unsaturated/α-hetero) is 1. The summed E-state index contributed by atoms with van der Waals surface area (Å²) in [6.07, 6.45) is 0.415. The number of thiophene rings is 1. The number of hydrogen-bond acceptors (Lipinski definition) is 3. The summed E-state index contributed by atoms with van der Waals surface area (Å²) in [6.45, 7) is 2.64. The summed E-state index contributed by atoms with van der Waals surface area (Å²) in [5, 5.41) is 2.88. The van der Waals surface area contributed by atoms with Gasteiger partial charge >= 0.3 is 0 Å². The van der Waals surface area contributed by atoms with Gasteiger partial charge in [-0.2, -0.15) is 0 Å². The Bertz CT molecular complexity index is 639. The van der Waals surface area contributed by atoms with E-state index in [0.29, 0.717) is 15.8 Å². The van der Waals surface area contributed by atoms with E-state index in [9.17, 15) is 9.59 Å². The summed E-state index contributed by atoms with van der Waals surface area (Å²) in [7, 11) is 0. The number of ketones is 1. The van der Waals surface area contributed by atoms with Crippen molar-refractivity contribution in [3.63, 3.8) is 0 Å². The molecule has 1 unspecified atom stereocenters. The number of hydrogen-bond donors (Lipinski definition) is 1. The van der Waals surface area contributed by atoms with E-state index in [2.05, 4.69) is 12.2 Å². The first-order chi connectivity index (χ1) is 10.6. The fraction of sp³-hybridized carbons (Fsp3) is 0.294. The van der Waals surface area contributed by atoms with Crippen LogP contribution < -0.4 is 5.32 Å². The lowest BCUT2D eigenvalue weighted by atomic mass is 10.0. The van der Waals surface area contributed by atoms with E-state index in [1.165, 1.54) is 16.9 Å². The van der Waals surface area contributed by atoms with E-state index >= 15 is 0 Å². The number of amides is 1. The van der Waals surface area contributed by atoms with Gasteiger partial charge < -0.3 is 5.32 Å². The van der Waals surface area contributed by atoms with Gasteiger partial charge in [0.1, 0.15) is 0 Å². The molecule has 0 aliphatic carbocycles. The van der Waals surface area contributed by atoms with Crippen LogP contribution in [0.2, 0.25) is 4.34 Å². The molecule has 1 aromatic heterocycles. The van der Waals surface area contributed by atoms with Gasteiger partial charge in [0.2, 0.25) is 5.91 Å². The lowest BCUT2D eigenvalue weighted by Gasteiger charge is -2.12. The van der Waals surface area contributed by atoms with Crippen LogP contribution >= 0.6 is 22.9 Å². The Morgan fingerprint density at radius 1 is 1.14 bits per heavy atom. The number of rotatable bonds is 7. The predicted octanol–water partition coefficient (Wildman–Crippen LogP) is 4.28. The fourth-order valence-corrected chi connectivity index (χ4v) is 3.08. The summed E-state index contributed by atoms with van der Waals surface area (Å²) < 4.78 is 0.587. The zero-order valence-electron chi connectivity index (χ0n) is 12.3. The molecule has 22 heavy (non-hydrogen) atoms. The van der Waals surface area contributed by atoms with Crippen molar-refractivity contribution in [1.29, 1.82) is 0 Å². The van der Waals surface area contributed by atoms with E-state index < -0.39 is 0 Å². The summed E-state index contributed by atoms with van der Waals surface area (Å²) in [6, 6.07) is 13.4. The van der Waals surface area contributed by atoms with Crippen LogP contribution in [0, 0.1) is 0 Å². The van der Waals surface area contributed by atoms with Gasteiger partial charge in [-0.15, -0.1) is 11.3 Å². The molecule has 0 aliphatic rings. The Morgan fingerprint density at radius 2 is 1.86 bits per heavy atom. The molecule has 0 radical (unpaired) electrons. The highest BCUT2D eigenvalue weighted by molar-refractivity contribution is 7.18. The van der Waals surface area contributed by atoms with Gasteiger partial charge in [-0.05, 0) is 23.6 Å². The molecule has 1 heterocycles. The zero-order valence-corrected chi connectivity index (χ0v) is 13.9. The molecule has 5 heteroatoms. The van der Waals surface area contributed by atoms with Gasteiger partial charge in [-0.1, -0.05) is 48.9 Å². The molecule has 0 fully saturated rings. The third-order valence-electron chi connectivity index (χ3n) is 3.40. The average molecular weight is 336 g/mol. The molecule has 1 atom stereocenters. The van der Waals surface area contributed by atoms with Gasteiger partial charge in [0.05, 0.1) is 9.21 Å². The molecule has 0 saturated heterocycles. The molecular weight excluding hydrogens is 318 g/mol. The fourth-order valence-electron chi connectivity index (χ4n) is 2.07. The molecular formula is C17H18ClNO2S.